The molecule has 146 valence electrons. The lowest BCUT2D eigenvalue weighted by Gasteiger charge is -2.36. The van der Waals surface area contributed by atoms with Gasteiger partial charge in [-0.1, -0.05) is 32.9 Å². The predicted octanol–water partition coefficient (Wildman–Crippen LogP) is 5.54. The maximum Gasteiger partial charge on any atom is 0.160 e. The lowest BCUT2D eigenvalue weighted by atomic mass is 9.69. The summed E-state index contributed by atoms with van der Waals surface area (Å²) < 4.78 is 11.1. The van der Waals surface area contributed by atoms with E-state index in [1.165, 1.54) is 5.56 Å². The van der Waals surface area contributed by atoms with Gasteiger partial charge in [0.15, 0.2) is 12.1 Å². The van der Waals surface area contributed by atoms with Crippen LogP contribution in [-0.4, -0.2) is 25.8 Å². The Balaban J connectivity index is 0.00000126. The van der Waals surface area contributed by atoms with Crippen LogP contribution in [0.2, 0.25) is 0 Å². The van der Waals surface area contributed by atoms with Crippen molar-refractivity contribution in [3.8, 4) is 11.3 Å². The summed E-state index contributed by atoms with van der Waals surface area (Å²) >= 11 is 0. The smallest absolute Gasteiger partial charge is 0.160 e. The molecule has 0 aliphatic heterocycles. The lowest BCUT2D eigenvalue weighted by Crippen LogP contribution is -2.33. The van der Waals surface area contributed by atoms with Crippen molar-refractivity contribution in [1.82, 2.24) is 0 Å². The summed E-state index contributed by atoms with van der Waals surface area (Å²) in [6.45, 7) is 10.2. The Kier molecular flexibility index (Phi) is 6.77. The quantitative estimate of drug-likeness (QED) is 0.512. The minimum atomic E-state index is -0.0996. The van der Waals surface area contributed by atoms with Gasteiger partial charge in [0.05, 0.1) is 18.4 Å². The average molecular weight is 370 g/mol. The monoisotopic (exact) mass is 370 g/mol. The number of hydrogen-bond donors (Lipinski definition) is 0. The molecule has 4 heteroatoms. The lowest BCUT2D eigenvalue weighted by molar-refractivity contribution is 0.101. The van der Waals surface area contributed by atoms with Gasteiger partial charge in [-0.25, -0.2) is 0 Å². The fourth-order valence-electron chi connectivity index (χ4n) is 4.13. The Bertz CT molecular complexity index is 831. The molecular weight excluding hydrogens is 340 g/mol. The van der Waals surface area contributed by atoms with E-state index in [0.29, 0.717) is 29.1 Å². The Morgan fingerprint density at radius 1 is 1.33 bits per heavy atom. The van der Waals surface area contributed by atoms with E-state index in [1.54, 1.807) is 20.3 Å². The first kappa shape index (κ1) is 21.1. The fourth-order valence-corrected chi connectivity index (χ4v) is 4.13. The number of methoxy groups -OCH3 is 1. The molecule has 0 saturated carbocycles. The van der Waals surface area contributed by atoms with Gasteiger partial charge in [-0.05, 0) is 49.8 Å². The van der Waals surface area contributed by atoms with Crippen molar-refractivity contribution < 1.29 is 18.7 Å². The van der Waals surface area contributed by atoms with Crippen molar-refractivity contribution in [3.63, 3.8) is 0 Å². The second-order valence-corrected chi connectivity index (χ2v) is 7.20. The molecule has 2 aromatic rings. The SMILES string of the molecule is CC.COCC1(C)CCCc2c1ccc(-c1occ(C)c1C=O)c2C(C)=O. The fraction of sp³-hybridized carbons (Fsp3) is 0.478. The molecule has 0 radical (unpaired) electrons. The summed E-state index contributed by atoms with van der Waals surface area (Å²) in [5.41, 5.74) is 4.82. The first-order valence-corrected chi connectivity index (χ1v) is 9.63. The first-order valence-electron chi connectivity index (χ1n) is 9.63. The van der Waals surface area contributed by atoms with E-state index < -0.39 is 0 Å². The van der Waals surface area contributed by atoms with Crippen LogP contribution >= 0.6 is 0 Å². The highest BCUT2D eigenvalue weighted by molar-refractivity contribution is 6.04. The summed E-state index contributed by atoms with van der Waals surface area (Å²) in [4.78, 5) is 24.0. The van der Waals surface area contributed by atoms with Crippen molar-refractivity contribution >= 4 is 12.1 Å². The van der Waals surface area contributed by atoms with Gasteiger partial charge in [0.25, 0.3) is 0 Å². The summed E-state index contributed by atoms with van der Waals surface area (Å²) in [6, 6.07) is 3.99. The summed E-state index contributed by atoms with van der Waals surface area (Å²) in [5, 5.41) is 0. The highest BCUT2D eigenvalue weighted by Crippen LogP contribution is 2.42. The van der Waals surface area contributed by atoms with Gasteiger partial charge in [-0.2, -0.15) is 0 Å². The molecule has 0 bridgehead atoms. The molecule has 0 N–H and O–H groups in total. The number of furan rings is 1. The zero-order valence-electron chi connectivity index (χ0n) is 17.3. The number of aldehydes is 1. The number of benzene rings is 1. The van der Waals surface area contributed by atoms with E-state index in [9.17, 15) is 9.59 Å². The van der Waals surface area contributed by atoms with E-state index in [0.717, 1.165) is 36.7 Å². The molecule has 1 aromatic heterocycles. The van der Waals surface area contributed by atoms with Crippen LogP contribution < -0.4 is 0 Å². The van der Waals surface area contributed by atoms with Crippen LogP contribution in [0.3, 0.4) is 0 Å². The Labute approximate surface area is 161 Å². The molecular formula is C23H30O4. The van der Waals surface area contributed by atoms with Crippen LogP contribution in [0.1, 0.15) is 77.9 Å². The third kappa shape index (κ3) is 3.77. The molecule has 3 rings (SSSR count). The maximum atomic E-state index is 12.5. The van der Waals surface area contributed by atoms with Crippen LogP contribution in [0, 0.1) is 6.92 Å². The van der Waals surface area contributed by atoms with E-state index in [-0.39, 0.29) is 11.2 Å². The molecule has 0 spiro atoms. The number of rotatable bonds is 5. The third-order valence-electron chi connectivity index (χ3n) is 5.32. The van der Waals surface area contributed by atoms with Crippen LogP contribution in [0.15, 0.2) is 22.8 Å². The molecule has 1 atom stereocenters. The van der Waals surface area contributed by atoms with Crippen LogP contribution in [0.25, 0.3) is 11.3 Å². The standard InChI is InChI=1S/C21H24O4.C2H6/c1-13-11-25-20(17(13)10-22)16-7-8-18-15(19(16)14(2)23)6-5-9-21(18,3)12-24-4;1-2/h7-8,10-11H,5-6,9,12H2,1-4H3;1-2H3. The van der Waals surface area contributed by atoms with Gasteiger partial charge in [0.1, 0.15) is 5.76 Å². The summed E-state index contributed by atoms with van der Waals surface area (Å²) in [5.74, 6) is 0.485. The number of fused-ring (bicyclic) bond motifs is 1. The van der Waals surface area contributed by atoms with Crippen LogP contribution in [0.5, 0.6) is 0 Å². The van der Waals surface area contributed by atoms with Crippen molar-refractivity contribution in [3.05, 3.63) is 46.2 Å². The van der Waals surface area contributed by atoms with Crippen molar-refractivity contribution in [1.29, 1.82) is 0 Å². The van der Waals surface area contributed by atoms with Crippen molar-refractivity contribution in [2.24, 2.45) is 0 Å². The minimum Gasteiger partial charge on any atom is -0.463 e. The molecule has 27 heavy (non-hydrogen) atoms. The van der Waals surface area contributed by atoms with Gasteiger partial charge < -0.3 is 9.15 Å². The van der Waals surface area contributed by atoms with E-state index in [4.69, 9.17) is 9.15 Å². The van der Waals surface area contributed by atoms with Gasteiger partial charge in [-0.15, -0.1) is 0 Å². The highest BCUT2D eigenvalue weighted by atomic mass is 16.5. The molecule has 1 aromatic carbocycles. The predicted molar refractivity (Wildman–Crippen MR) is 108 cm³/mol. The normalized spacial score (nSPS) is 18.3. The number of ether oxygens (including phenoxy) is 1. The molecule has 1 aliphatic rings. The topological polar surface area (TPSA) is 56.5 Å². The van der Waals surface area contributed by atoms with E-state index in [1.807, 2.05) is 26.8 Å². The number of carbonyl (C=O) groups is 2. The second-order valence-electron chi connectivity index (χ2n) is 7.20. The number of aryl methyl sites for hydroxylation is 1. The van der Waals surface area contributed by atoms with Crippen LogP contribution in [0.4, 0.5) is 0 Å². The van der Waals surface area contributed by atoms with E-state index in [2.05, 4.69) is 13.0 Å². The van der Waals surface area contributed by atoms with Crippen molar-refractivity contribution in [2.45, 2.75) is 59.3 Å². The van der Waals surface area contributed by atoms with Gasteiger partial charge in [-0.3, -0.25) is 9.59 Å². The zero-order chi connectivity index (χ0) is 20.2. The molecule has 0 fully saturated rings. The number of Topliss-reactive ketones (excluding diaryl/α,β-unsaturated/α-hetero) is 1. The molecule has 0 saturated heterocycles. The maximum absolute atomic E-state index is 12.5. The van der Waals surface area contributed by atoms with Gasteiger partial charge in [0, 0.05) is 23.7 Å². The largest absolute Gasteiger partial charge is 0.463 e. The number of hydrogen-bond acceptors (Lipinski definition) is 4. The summed E-state index contributed by atoms with van der Waals surface area (Å²) in [7, 11) is 1.71. The highest BCUT2D eigenvalue weighted by Gasteiger charge is 2.35. The molecule has 1 heterocycles. The Morgan fingerprint density at radius 2 is 2.04 bits per heavy atom. The second kappa shape index (κ2) is 8.66. The molecule has 1 unspecified atom stereocenters. The van der Waals surface area contributed by atoms with Gasteiger partial charge >= 0.3 is 0 Å². The number of ketones is 1. The Morgan fingerprint density at radius 3 is 2.63 bits per heavy atom. The first-order chi connectivity index (χ1) is 12.9. The number of carbonyl (C=O) groups excluding carboxylic acids is 2. The van der Waals surface area contributed by atoms with E-state index >= 15 is 0 Å². The molecule has 4 nitrogen and oxygen atoms in total. The minimum absolute atomic E-state index is 0.000538. The molecule has 1 aliphatic carbocycles. The molecule has 0 amide bonds. The third-order valence-corrected chi connectivity index (χ3v) is 5.32. The summed E-state index contributed by atoms with van der Waals surface area (Å²) in [6.07, 6.45) is 5.26. The zero-order valence-corrected chi connectivity index (χ0v) is 17.3. The van der Waals surface area contributed by atoms with Crippen LogP contribution in [-0.2, 0) is 16.6 Å². The Hall–Kier alpha value is -2.20. The average Bonchev–Trinajstić information content (AvgIpc) is 3.03. The van der Waals surface area contributed by atoms with Gasteiger partial charge in [0.2, 0.25) is 0 Å². The van der Waals surface area contributed by atoms with Crippen molar-refractivity contribution in [2.75, 3.05) is 13.7 Å².